The van der Waals surface area contributed by atoms with Crippen LogP contribution in [0.15, 0.2) is 48.7 Å². The van der Waals surface area contributed by atoms with Gasteiger partial charge in [-0.15, -0.1) is 0 Å². The van der Waals surface area contributed by atoms with E-state index in [-0.39, 0.29) is 17.7 Å². The standard InChI is InChI=1S/C22H28N4O2/c1-23(2)21(28)22-15-25(14-19-10-7-11-24(19)3)12-18(22)13-26(16-22)20(27)17-8-5-4-6-9-17/h4-11,18H,12-16H2,1-3H3/t18-,22-/m1/s1. The summed E-state index contributed by atoms with van der Waals surface area (Å²) in [4.78, 5) is 32.1. The van der Waals surface area contributed by atoms with Crippen LogP contribution in [0.1, 0.15) is 16.1 Å². The minimum Gasteiger partial charge on any atom is -0.353 e. The summed E-state index contributed by atoms with van der Waals surface area (Å²) in [6.45, 7) is 3.49. The van der Waals surface area contributed by atoms with Gasteiger partial charge in [0.25, 0.3) is 5.91 Å². The molecule has 28 heavy (non-hydrogen) atoms. The number of likely N-dealkylation sites (tertiary alicyclic amines) is 2. The van der Waals surface area contributed by atoms with Crippen LogP contribution >= 0.6 is 0 Å². The lowest BCUT2D eigenvalue weighted by molar-refractivity contribution is -0.139. The van der Waals surface area contributed by atoms with Crippen LogP contribution in [0.25, 0.3) is 0 Å². The third-order valence-electron chi connectivity index (χ3n) is 6.26. The first kappa shape index (κ1) is 18.7. The molecule has 3 heterocycles. The number of aryl methyl sites for hydroxylation is 1. The number of benzene rings is 1. The van der Waals surface area contributed by atoms with Gasteiger partial charge in [-0.25, -0.2) is 0 Å². The largest absolute Gasteiger partial charge is 0.353 e. The molecule has 148 valence electrons. The zero-order valence-electron chi connectivity index (χ0n) is 16.8. The molecule has 0 aliphatic carbocycles. The predicted molar refractivity (Wildman–Crippen MR) is 108 cm³/mol. The fourth-order valence-electron chi connectivity index (χ4n) is 4.85. The Kier molecular flexibility index (Phi) is 4.75. The molecule has 0 radical (unpaired) electrons. The predicted octanol–water partition coefficient (Wildman–Crippen LogP) is 1.69. The van der Waals surface area contributed by atoms with Gasteiger partial charge in [-0.05, 0) is 24.3 Å². The molecular weight excluding hydrogens is 352 g/mol. The molecular formula is C22H28N4O2. The Bertz CT molecular complexity index is 876. The molecule has 2 amide bonds. The lowest BCUT2D eigenvalue weighted by Gasteiger charge is -2.31. The smallest absolute Gasteiger partial charge is 0.253 e. The van der Waals surface area contributed by atoms with Gasteiger partial charge in [-0.2, -0.15) is 0 Å². The van der Waals surface area contributed by atoms with E-state index in [2.05, 4.69) is 15.5 Å². The van der Waals surface area contributed by atoms with Gasteiger partial charge in [0.15, 0.2) is 0 Å². The van der Waals surface area contributed by atoms with Crippen molar-refractivity contribution in [1.29, 1.82) is 0 Å². The summed E-state index contributed by atoms with van der Waals surface area (Å²) in [7, 11) is 5.68. The van der Waals surface area contributed by atoms with Crippen molar-refractivity contribution >= 4 is 11.8 Å². The summed E-state index contributed by atoms with van der Waals surface area (Å²) in [6, 6.07) is 13.5. The molecule has 2 saturated heterocycles. The van der Waals surface area contributed by atoms with E-state index < -0.39 is 5.41 Å². The number of hydrogen-bond donors (Lipinski definition) is 0. The monoisotopic (exact) mass is 380 g/mol. The number of fused-ring (bicyclic) bond motifs is 1. The zero-order chi connectivity index (χ0) is 19.9. The fraction of sp³-hybridized carbons (Fsp3) is 0.455. The summed E-state index contributed by atoms with van der Waals surface area (Å²) in [5.74, 6) is 0.320. The Morgan fingerprint density at radius 2 is 1.82 bits per heavy atom. The highest BCUT2D eigenvalue weighted by Crippen LogP contribution is 2.44. The second-order valence-corrected chi connectivity index (χ2v) is 8.38. The van der Waals surface area contributed by atoms with E-state index in [0.717, 1.165) is 13.1 Å². The molecule has 0 saturated carbocycles. The van der Waals surface area contributed by atoms with Crippen LogP contribution in [0, 0.1) is 11.3 Å². The van der Waals surface area contributed by atoms with Crippen LogP contribution in [0.2, 0.25) is 0 Å². The molecule has 0 spiro atoms. The first-order valence-electron chi connectivity index (χ1n) is 9.79. The molecule has 2 aliphatic heterocycles. The Labute approximate surface area is 166 Å². The molecule has 2 aliphatic rings. The Morgan fingerprint density at radius 3 is 2.46 bits per heavy atom. The third-order valence-corrected chi connectivity index (χ3v) is 6.26. The van der Waals surface area contributed by atoms with E-state index in [1.54, 1.807) is 4.90 Å². The molecule has 0 bridgehead atoms. The van der Waals surface area contributed by atoms with Gasteiger partial charge in [-0.3, -0.25) is 14.5 Å². The first-order chi connectivity index (χ1) is 13.4. The summed E-state index contributed by atoms with van der Waals surface area (Å²) < 4.78 is 2.12. The van der Waals surface area contributed by atoms with Crippen LogP contribution in [0.4, 0.5) is 0 Å². The number of carbonyl (C=O) groups is 2. The highest BCUT2D eigenvalue weighted by atomic mass is 16.2. The second kappa shape index (κ2) is 7.09. The topological polar surface area (TPSA) is 48.8 Å². The summed E-state index contributed by atoms with van der Waals surface area (Å²) in [5, 5.41) is 0. The van der Waals surface area contributed by atoms with Crippen molar-refractivity contribution in [3.63, 3.8) is 0 Å². The number of carbonyl (C=O) groups excluding carboxylic acids is 2. The molecule has 2 atom stereocenters. The summed E-state index contributed by atoms with van der Waals surface area (Å²) >= 11 is 0. The minimum absolute atomic E-state index is 0.0231. The van der Waals surface area contributed by atoms with E-state index in [9.17, 15) is 9.59 Å². The lowest BCUT2D eigenvalue weighted by atomic mass is 9.80. The normalized spacial score (nSPS) is 24.4. The van der Waals surface area contributed by atoms with Crippen LogP contribution in [0.3, 0.4) is 0 Å². The molecule has 1 aromatic carbocycles. The van der Waals surface area contributed by atoms with Gasteiger partial charge in [-0.1, -0.05) is 18.2 Å². The van der Waals surface area contributed by atoms with Crippen LogP contribution in [-0.4, -0.2) is 71.4 Å². The molecule has 2 fully saturated rings. The Balaban J connectivity index is 1.56. The molecule has 0 N–H and O–H groups in total. The highest BCUT2D eigenvalue weighted by molar-refractivity contribution is 5.95. The average molecular weight is 380 g/mol. The van der Waals surface area contributed by atoms with Crippen molar-refractivity contribution in [2.24, 2.45) is 18.4 Å². The molecule has 1 aromatic heterocycles. The highest BCUT2D eigenvalue weighted by Gasteiger charge is 2.58. The van der Waals surface area contributed by atoms with Gasteiger partial charge in [0.2, 0.25) is 5.91 Å². The van der Waals surface area contributed by atoms with Gasteiger partial charge in [0, 0.05) is 77.2 Å². The molecule has 6 nitrogen and oxygen atoms in total. The lowest BCUT2D eigenvalue weighted by Crippen LogP contribution is -2.47. The van der Waals surface area contributed by atoms with Gasteiger partial charge >= 0.3 is 0 Å². The Morgan fingerprint density at radius 1 is 1.07 bits per heavy atom. The molecule has 4 rings (SSSR count). The summed E-state index contributed by atoms with van der Waals surface area (Å²) in [6.07, 6.45) is 2.05. The fourth-order valence-corrected chi connectivity index (χ4v) is 4.85. The number of rotatable bonds is 4. The van der Waals surface area contributed by atoms with Crippen molar-refractivity contribution in [3.8, 4) is 0 Å². The SMILES string of the molecule is CN(C)C(=O)[C@@]12CN(Cc3cccn3C)C[C@@H]1CN(C(=O)c1ccccc1)C2. The van der Waals surface area contributed by atoms with Gasteiger partial charge < -0.3 is 14.4 Å². The average Bonchev–Trinajstić information content (AvgIpc) is 3.34. The number of nitrogens with zero attached hydrogens (tertiary/aromatic N) is 4. The second-order valence-electron chi connectivity index (χ2n) is 8.38. The maximum atomic E-state index is 13.2. The maximum Gasteiger partial charge on any atom is 0.253 e. The maximum absolute atomic E-state index is 13.2. The minimum atomic E-state index is -0.515. The van der Waals surface area contributed by atoms with Crippen molar-refractivity contribution in [2.75, 3.05) is 40.3 Å². The number of aromatic nitrogens is 1. The zero-order valence-corrected chi connectivity index (χ0v) is 16.8. The third kappa shape index (κ3) is 3.11. The van der Waals surface area contributed by atoms with E-state index in [0.29, 0.717) is 25.2 Å². The van der Waals surface area contributed by atoms with Crippen molar-refractivity contribution in [1.82, 2.24) is 19.3 Å². The van der Waals surface area contributed by atoms with E-state index >= 15 is 0 Å². The quantitative estimate of drug-likeness (QED) is 0.811. The van der Waals surface area contributed by atoms with Gasteiger partial charge in [0.1, 0.15) is 0 Å². The number of amides is 2. The first-order valence-corrected chi connectivity index (χ1v) is 9.79. The van der Waals surface area contributed by atoms with E-state index in [1.165, 1.54) is 5.69 Å². The van der Waals surface area contributed by atoms with E-state index in [4.69, 9.17) is 0 Å². The van der Waals surface area contributed by atoms with Crippen LogP contribution in [0.5, 0.6) is 0 Å². The summed E-state index contributed by atoms with van der Waals surface area (Å²) in [5.41, 5.74) is 1.42. The van der Waals surface area contributed by atoms with Crippen molar-refractivity contribution in [2.45, 2.75) is 6.54 Å². The Hall–Kier alpha value is -2.60. The number of hydrogen-bond acceptors (Lipinski definition) is 3. The molecule has 0 unspecified atom stereocenters. The van der Waals surface area contributed by atoms with Crippen LogP contribution < -0.4 is 0 Å². The van der Waals surface area contributed by atoms with Crippen molar-refractivity contribution < 1.29 is 9.59 Å². The molecule has 2 aromatic rings. The van der Waals surface area contributed by atoms with E-state index in [1.807, 2.05) is 68.6 Å². The molecule has 6 heteroatoms. The van der Waals surface area contributed by atoms with Gasteiger partial charge in [0.05, 0.1) is 5.41 Å². The van der Waals surface area contributed by atoms with Crippen LogP contribution in [-0.2, 0) is 18.4 Å². The van der Waals surface area contributed by atoms with Crippen molar-refractivity contribution in [3.05, 3.63) is 59.9 Å².